The molecule has 0 aliphatic heterocycles. The number of rotatable bonds is 4. The van der Waals surface area contributed by atoms with Crippen molar-refractivity contribution in [3.63, 3.8) is 0 Å². The van der Waals surface area contributed by atoms with Crippen molar-refractivity contribution in [2.24, 2.45) is 0 Å². The van der Waals surface area contributed by atoms with Crippen LogP contribution in [-0.4, -0.2) is 14.8 Å². The van der Waals surface area contributed by atoms with Crippen LogP contribution in [0, 0.1) is 36.5 Å². The molecule has 0 spiro atoms. The first-order valence-corrected chi connectivity index (χ1v) is 4.32. The van der Waals surface area contributed by atoms with Gasteiger partial charge < -0.3 is 0 Å². The minimum atomic E-state index is -1.40. The average Bonchev–Trinajstić information content (AvgIpc) is 2.19. The van der Waals surface area contributed by atoms with Crippen LogP contribution in [0.5, 0.6) is 0 Å². The molecule has 0 unspecified atom stereocenters. The van der Waals surface area contributed by atoms with Crippen LogP contribution in [-0.2, 0) is 0 Å². The van der Waals surface area contributed by atoms with Crippen molar-refractivity contribution in [3.8, 4) is 0 Å². The van der Waals surface area contributed by atoms with Gasteiger partial charge in [0.2, 0.25) is 5.69 Å². The first kappa shape index (κ1) is 16.6. The van der Waals surface area contributed by atoms with Crippen molar-refractivity contribution in [2.75, 3.05) is 0 Å². The molecule has 0 aliphatic rings. The fourth-order valence-corrected chi connectivity index (χ4v) is 1.26. The van der Waals surface area contributed by atoms with Gasteiger partial charge in [0.15, 0.2) is 0 Å². The van der Waals surface area contributed by atoms with Gasteiger partial charge in [0.25, 0.3) is 0 Å². The Morgan fingerprint density at radius 2 is 1.56 bits per heavy atom. The van der Waals surface area contributed by atoms with Crippen LogP contribution >= 0.6 is 11.6 Å². The fraction of sp³-hybridized carbons (Fsp3) is 0. The van der Waals surface area contributed by atoms with E-state index in [1.54, 1.807) is 0 Å². The Labute approximate surface area is 126 Å². The van der Waals surface area contributed by atoms with E-state index >= 15 is 0 Å². The summed E-state index contributed by atoms with van der Waals surface area (Å²) in [7, 11) is 0. The number of hydrogen-bond donors (Lipinski definition) is 0. The molecule has 0 saturated carbocycles. The van der Waals surface area contributed by atoms with Gasteiger partial charge >= 0.3 is 35.7 Å². The molecule has 0 atom stereocenters. The standard InChI is InChI=1S/C7H3ClN3O6.Na/c8-6-2-1-4(9(12)13)3-5(6)7(10(14)15)11(16)17;/h1-3H;/q-1;+1. The quantitative estimate of drug-likeness (QED) is 0.290. The summed E-state index contributed by atoms with van der Waals surface area (Å²) in [5, 5.41) is 31.1. The molecule has 0 radical (unpaired) electrons. The van der Waals surface area contributed by atoms with E-state index in [-0.39, 0.29) is 34.6 Å². The topological polar surface area (TPSA) is 129 Å². The molecule has 11 heteroatoms. The summed E-state index contributed by atoms with van der Waals surface area (Å²) in [6.07, 6.45) is -1.40. The second-order valence-corrected chi connectivity index (χ2v) is 3.17. The van der Waals surface area contributed by atoms with E-state index in [2.05, 4.69) is 0 Å². The average molecular weight is 284 g/mol. The predicted molar refractivity (Wildman–Crippen MR) is 54.4 cm³/mol. The normalized spacial score (nSPS) is 9.17. The van der Waals surface area contributed by atoms with E-state index in [1.165, 1.54) is 0 Å². The van der Waals surface area contributed by atoms with Crippen LogP contribution in [0.3, 0.4) is 0 Å². The Kier molecular flexibility index (Phi) is 5.98. The van der Waals surface area contributed by atoms with E-state index in [0.29, 0.717) is 6.07 Å². The number of nitro benzene ring substituents is 1. The summed E-state index contributed by atoms with van der Waals surface area (Å²) < 4.78 is 0. The van der Waals surface area contributed by atoms with E-state index < -0.39 is 32.2 Å². The Morgan fingerprint density at radius 1 is 1.06 bits per heavy atom. The van der Waals surface area contributed by atoms with E-state index in [9.17, 15) is 30.3 Å². The number of non-ortho nitro benzene ring substituents is 1. The second kappa shape index (κ2) is 6.50. The Balaban J connectivity index is 0.00000289. The van der Waals surface area contributed by atoms with Crippen molar-refractivity contribution in [1.29, 1.82) is 0 Å². The number of benzene rings is 1. The van der Waals surface area contributed by atoms with Gasteiger partial charge in [-0.05, 0) is 16.7 Å². The molecule has 1 aromatic rings. The van der Waals surface area contributed by atoms with Gasteiger partial charge in [0, 0.05) is 4.92 Å². The third-order valence-corrected chi connectivity index (χ3v) is 2.08. The maximum Gasteiger partial charge on any atom is 1.00 e. The molecule has 1 rings (SSSR count). The van der Waals surface area contributed by atoms with Crippen LogP contribution < -0.4 is 29.6 Å². The zero-order valence-corrected chi connectivity index (χ0v) is 11.7. The maximum absolute atomic E-state index is 10.5. The van der Waals surface area contributed by atoms with Crippen LogP contribution in [0.25, 0.3) is 0 Å². The first-order chi connectivity index (χ1) is 7.84. The molecular formula is C7H3ClN3NaO6. The van der Waals surface area contributed by atoms with E-state index in [4.69, 9.17) is 11.6 Å². The van der Waals surface area contributed by atoms with Crippen LogP contribution in [0.1, 0.15) is 5.56 Å². The molecular weight excluding hydrogens is 281 g/mol. The summed E-state index contributed by atoms with van der Waals surface area (Å²) in [5.74, 6) is 0. The summed E-state index contributed by atoms with van der Waals surface area (Å²) >= 11 is 5.53. The van der Waals surface area contributed by atoms with Crippen molar-refractivity contribution >= 4 is 17.3 Å². The zero-order chi connectivity index (χ0) is 13.2. The van der Waals surface area contributed by atoms with Gasteiger partial charge in [-0.3, -0.25) is 30.3 Å². The van der Waals surface area contributed by atoms with Crippen LogP contribution in [0.2, 0.25) is 5.02 Å². The molecule has 1 aromatic carbocycles. The predicted octanol–water partition coefficient (Wildman–Crippen LogP) is -1.36. The SMILES string of the molecule is O=[N+]([O-])c1ccc(Cl)c([C-]([N+](=O)[O-])[N+](=O)[O-])c1.[Na+]. The first-order valence-electron chi connectivity index (χ1n) is 3.94. The van der Waals surface area contributed by atoms with Gasteiger partial charge in [-0.1, -0.05) is 12.1 Å². The Morgan fingerprint density at radius 3 is 1.94 bits per heavy atom. The van der Waals surface area contributed by atoms with Gasteiger partial charge in [0.05, 0.1) is 9.85 Å². The second-order valence-electron chi connectivity index (χ2n) is 2.76. The van der Waals surface area contributed by atoms with Gasteiger partial charge in [0.1, 0.15) is 0 Å². The molecule has 0 heterocycles. The summed E-state index contributed by atoms with van der Waals surface area (Å²) in [5.41, 5.74) is -1.12. The van der Waals surface area contributed by atoms with Crippen molar-refractivity contribution in [2.45, 2.75) is 0 Å². The van der Waals surface area contributed by atoms with Gasteiger partial charge in [-0.2, -0.15) is 11.6 Å². The number of halogens is 1. The maximum atomic E-state index is 10.5. The molecule has 0 fully saturated rings. The summed E-state index contributed by atoms with van der Waals surface area (Å²) in [6.45, 7) is 0. The summed E-state index contributed by atoms with van der Waals surface area (Å²) in [6, 6.07) is 2.66. The molecule has 0 N–H and O–H groups in total. The molecule has 0 bridgehead atoms. The number of hydrogen-bond acceptors (Lipinski definition) is 6. The third kappa shape index (κ3) is 3.53. The smallest absolute Gasteiger partial charge is 0.265 e. The zero-order valence-electron chi connectivity index (χ0n) is 8.90. The molecule has 0 saturated heterocycles. The number of nitrogens with zero attached hydrogens (tertiary/aromatic N) is 3. The third-order valence-electron chi connectivity index (χ3n) is 1.75. The van der Waals surface area contributed by atoms with Crippen molar-refractivity contribution in [3.05, 3.63) is 65.3 Å². The van der Waals surface area contributed by atoms with E-state index in [0.717, 1.165) is 12.1 Å². The molecule has 0 aromatic heterocycles. The minimum Gasteiger partial charge on any atom is -0.265 e. The van der Waals surface area contributed by atoms with Crippen molar-refractivity contribution in [1.82, 2.24) is 0 Å². The molecule has 9 nitrogen and oxygen atoms in total. The van der Waals surface area contributed by atoms with Crippen LogP contribution in [0.15, 0.2) is 18.2 Å². The van der Waals surface area contributed by atoms with Crippen molar-refractivity contribution < 1.29 is 44.3 Å². The molecule has 0 amide bonds. The van der Waals surface area contributed by atoms with Crippen LogP contribution in [0.4, 0.5) is 5.69 Å². The monoisotopic (exact) mass is 283 g/mol. The fourth-order valence-electron chi connectivity index (χ4n) is 1.06. The Hall–Kier alpha value is -1.42. The minimum absolute atomic E-state index is 0. The Bertz CT molecular complexity index is 496. The van der Waals surface area contributed by atoms with E-state index in [1.807, 2.05) is 0 Å². The molecule has 90 valence electrons. The molecule has 18 heavy (non-hydrogen) atoms. The number of nitro groups is 3. The molecule has 0 aliphatic carbocycles. The largest absolute Gasteiger partial charge is 1.00 e. The van der Waals surface area contributed by atoms with Gasteiger partial charge in [-0.25, -0.2) is 0 Å². The van der Waals surface area contributed by atoms with Gasteiger partial charge in [-0.15, -0.1) is 0 Å². The summed E-state index contributed by atoms with van der Waals surface area (Å²) in [4.78, 5) is 28.0.